The van der Waals surface area contributed by atoms with Crippen molar-refractivity contribution >= 4 is 57.5 Å². The first-order valence-electron chi connectivity index (χ1n) is 25.4. The number of urea groups is 1. The van der Waals surface area contributed by atoms with Gasteiger partial charge in [0, 0.05) is 35.0 Å². The van der Waals surface area contributed by atoms with Crippen molar-refractivity contribution in [3.63, 3.8) is 0 Å². The summed E-state index contributed by atoms with van der Waals surface area (Å²) in [6.45, 7) is 22.3. The number of anilines is 1. The number of likely N-dealkylation sites (tertiary alicyclic amines) is 1. The van der Waals surface area contributed by atoms with Crippen LogP contribution in [0.5, 0.6) is 11.5 Å². The number of thiazole rings is 1. The van der Waals surface area contributed by atoms with Crippen molar-refractivity contribution < 1.29 is 43.7 Å². The number of aldehydes is 1. The smallest absolute Gasteiger partial charge is 0.321 e. The van der Waals surface area contributed by atoms with Crippen LogP contribution in [0.25, 0.3) is 22.3 Å². The normalized spacial score (nSPS) is 16.1. The van der Waals surface area contributed by atoms with Crippen LogP contribution in [0.4, 0.5) is 9.93 Å². The van der Waals surface area contributed by atoms with Crippen LogP contribution >= 0.6 is 11.3 Å². The molecule has 1 aliphatic carbocycles. The monoisotopic (exact) mass is 1030 g/mol. The molecule has 73 heavy (non-hydrogen) atoms. The van der Waals surface area contributed by atoms with Crippen LogP contribution < -0.4 is 30.7 Å². The number of carboxylic acids is 1. The van der Waals surface area contributed by atoms with E-state index in [9.17, 15) is 24.0 Å². The zero-order valence-electron chi connectivity index (χ0n) is 45.4. The first-order valence-corrected chi connectivity index (χ1v) is 26.3. The van der Waals surface area contributed by atoms with Crippen LogP contribution in [-0.4, -0.2) is 132 Å². The van der Waals surface area contributed by atoms with E-state index in [1.54, 1.807) is 56.7 Å². The number of carbonyl (C=O) groups excluding carboxylic acids is 4. The molecule has 4 atom stereocenters. The molecule has 7 rings (SSSR count). The molecule has 1 saturated heterocycles. The maximum absolute atomic E-state index is 12.5. The van der Waals surface area contributed by atoms with Crippen molar-refractivity contribution in [3.05, 3.63) is 77.7 Å². The van der Waals surface area contributed by atoms with Gasteiger partial charge in [0.2, 0.25) is 0 Å². The van der Waals surface area contributed by atoms with Gasteiger partial charge < -0.3 is 45.3 Å². The van der Waals surface area contributed by atoms with Crippen LogP contribution in [-0.2, 0) is 9.59 Å². The van der Waals surface area contributed by atoms with Gasteiger partial charge in [-0.2, -0.15) is 0 Å². The van der Waals surface area contributed by atoms with Gasteiger partial charge >= 0.3 is 12.0 Å². The van der Waals surface area contributed by atoms with Crippen LogP contribution in [0.1, 0.15) is 134 Å². The number of ether oxygens (including phenoxy) is 2. The highest BCUT2D eigenvalue weighted by Crippen LogP contribution is 2.33. The number of benzene rings is 2. The zero-order chi connectivity index (χ0) is 54.7. The fraction of sp³-hybridized carbons (Fsp3) is 0.545. The van der Waals surface area contributed by atoms with Crippen LogP contribution in [0, 0.1) is 11.3 Å². The summed E-state index contributed by atoms with van der Waals surface area (Å²) in [5.74, 6) is -0.352. The molecular formula is C55H84N8O9S. The van der Waals surface area contributed by atoms with Crippen LogP contribution in [0.3, 0.4) is 0 Å². The van der Waals surface area contributed by atoms with Crippen molar-refractivity contribution in [3.8, 4) is 22.9 Å². The SMILES string of the molecule is C1CCCCC1.C=CC(C)C(NCO)C(=O)O.CC.CC(C)(C)C(CN1C(=O)c2ccccc2C1=O)NC(=O)NCC=O.COc1ccc2c(OC)cc(-c3csc(NC(C)C)n3)nc2c1.C[C@@H]1CCCN1C. The van der Waals surface area contributed by atoms with Crippen molar-refractivity contribution in [1.29, 1.82) is 0 Å². The third-order valence-electron chi connectivity index (χ3n) is 12.2. The predicted molar refractivity (Wildman–Crippen MR) is 294 cm³/mol. The fourth-order valence-corrected chi connectivity index (χ4v) is 8.50. The molecule has 4 heterocycles. The van der Waals surface area contributed by atoms with Crippen molar-refractivity contribution in [2.75, 3.05) is 52.9 Å². The first kappa shape index (κ1) is 63.2. The van der Waals surface area contributed by atoms with Gasteiger partial charge in [-0.05, 0) is 82.8 Å². The summed E-state index contributed by atoms with van der Waals surface area (Å²) in [4.78, 5) is 70.4. The predicted octanol–water partition coefficient (Wildman–Crippen LogP) is 9.66. The highest BCUT2D eigenvalue weighted by Gasteiger charge is 2.39. The van der Waals surface area contributed by atoms with E-state index in [4.69, 9.17) is 24.7 Å². The number of nitrogens with zero attached hydrogens (tertiary/aromatic N) is 4. The molecule has 18 heteroatoms. The maximum atomic E-state index is 12.5. The zero-order valence-corrected chi connectivity index (χ0v) is 46.2. The Balaban J connectivity index is 0.000000341. The molecule has 2 fully saturated rings. The van der Waals surface area contributed by atoms with E-state index in [2.05, 4.69) is 65.5 Å². The van der Waals surface area contributed by atoms with E-state index in [1.807, 2.05) is 64.3 Å². The second-order valence-electron chi connectivity index (χ2n) is 19.0. The number of imide groups is 1. The Morgan fingerprint density at radius 3 is 1.96 bits per heavy atom. The molecular weight excluding hydrogens is 949 g/mol. The molecule has 3 aliphatic rings. The summed E-state index contributed by atoms with van der Waals surface area (Å²) < 4.78 is 10.8. The molecule has 2 aliphatic heterocycles. The number of hydrogen-bond donors (Lipinski definition) is 6. The summed E-state index contributed by atoms with van der Waals surface area (Å²) in [5, 5.41) is 31.7. The Morgan fingerprint density at radius 1 is 0.918 bits per heavy atom. The number of aromatic nitrogens is 2. The molecule has 2 aromatic heterocycles. The number of aliphatic hydroxyl groups is 1. The lowest BCUT2D eigenvalue weighted by molar-refractivity contribution is -0.140. The number of aliphatic hydroxyl groups excluding tert-OH is 1. The fourth-order valence-electron chi connectivity index (χ4n) is 7.65. The van der Waals surface area contributed by atoms with Gasteiger partial charge in [-0.15, -0.1) is 17.9 Å². The molecule has 17 nitrogen and oxygen atoms in total. The van der Waals surface area contributed by atoms with E-state index in [-0.39, 0.29) is 37.6 Å². The molecule has 2 aromatic carbocycles. The van der Waals surface area contributed by atoms with Crippen molar-refractivity contribution in [2.24, 2.45) is 11.3 Å². The molecule has 6 N–H and O–H groups in total. The second-order valence-corrected chi connectivity index (χ2v) is 19.9. The maximum Gasteiger partial charge on any atom is 0.321 e. The Morgan fingerprint density at radius 2 is 1.52 bits per heavy atom. The van der Waals surface area contributed by atoms with E-state index in [1.165, 1.54) is 64.0 Å². The van der Waals surface area contributed by atoms with Gasteiger partial charge in [0.15, 0.2) is 5.13 Å². The standard InChI is InChI=1S/C17H21N3O4.C17H19N3O2S.C7H13NO3.C6H13N.C6H12.C2H6/c1-17(2,3)13(19-16(24)18-8-9-21)10-20-14(22)11-6-4-5-7-12(11)15(20)23;1-10(2)18-17-20-15(9-23-17)14-8-16(22-4)12-6-5-11(21-3)7-13(12)19-14;1-3-5(2)6(7(10)11)8-4-9;1-6-4-3-5-7(6)2;1-2-4-6-5-3-1;1-2/h4-7,9,13H,8,10H2,1-3H3,(H2,18,19,24);5-10H,1-4H3,(H,18,20);3,5-6,8-9H,1,4H2,2H3,(H,10,11);6H,3-5H2,1-2H3;1-6H2;1-2H3/t;;;6-;;/m...1../s1. The molecule has 3 unspecified atom stereocenters. The Bertz CT molecular complexity index is 2280. The van der Waals surface area contributed by atoms with Gasteiger partial charge in [0.1, 0.15) is 29.5 Å². The number of hydrogen-bond acceptors (Lipinski definition) is 14. The van der Waals surface area contributed by atoms with Crippen molar-refractivity contribution in [2.45, 2.75) is 138 Å². The summed E-state index contributed by atoms with van der Waals surface area (Å²) >= 11 is 1.57. The summed E-state index contributed by atoms with van der Waals surface area (Å²) in [6.07, 6.45) is 13.9. The molecule has 4 aromatic rings. The van der Waals surface area contributed by atoms with E-state index in [0.29, 0.717) is 23.5 Å². The topological polar surface area (TPSA) is 225 Å². The van der Waals surface area contributed by atoms with Gasteiger partial charge in [-0.1, -0.05) is 98.3 Å². The Hall–Kier alpha value is -5.95. The number of rotatable bonds is 15. The minimum absolute atomic E-state index is 0.0599. The lowest BCUT2D eigenvalue weighted by atomic mass is 9.86. The minimum Gasteiger partial charge on any atom is -0.497 e. The average Bonchev–Trinajstić information content (AvgIpc) is 4.08. The quantitative estimate of drug-likeness (QED) is 0.0282. The van der Waals surface area contributed by atoms with E-state index in [0.717, 1.165) is 49.9 Å². The summed E-state index contributed by atoms with van der Waals surface area (Å²) in [5.41, 5.74) is 2.80. The van der Waals surface area contributed by atoms with Gasteiger partial charge in [0.25, 0.3) is 11.8 Å². The molecule has 4 amide bonds. The number of nitrogens with one attached hydrogen (secondary N) is 4. The Labute approximate surface area is 437 Å². The number of carboxylic acid groups (broad SMARTS) is 1. The molecule has 0 radical (unpaired) electrons. The molecule has 0 spiro atoms. The highest BCUT2D eigenvalue weighted by molar-refractivity contribution is 7.14. The third-order valence-corrected chi connectivity index (χ3v) is 13.0. The van der Waals surface area contributed by atoms with Gasteiger partial charge in [-0.25, -0.2) is 14.8 Å². The lowest BCUT2D eigenvalue weighted by Gasteiger charge is -2.33. The van der Waals surface area contributed by atoms with Crippen LogP contribution in [0.15, 0.2) is 66.6 Å². The van der Waals surface area contributed by atoms with Gasteiger partial charge in [-0.3, -0.25) is 24.6 Å². The number of carbonyl (C=O) groups is 5. The number of amides is 4. The summed E-state index contributed by atoms with van der Waals surface area (Å²) in [7, 11) is 5.50. The second kappa shape index (κ2) is 33.0. The third kappa shape index (κ3) is 20.8. The molecule has 404 valence electrons. The Kier molecular flexibility index (Phi) is 28.5. The van der Waals surface area contributed by atoms with E-state index < -0.39 is 29.5 Å². The lowest BCUT2D eigenvalue weighted by Crippen LogP contribution is -2.54. The number of fused-ring (bicyclic) bond motifs is 2. The van der Waals surface area contributed by atoms with Gasteiger partial charge in [0.05, 0.1) is 62.4 Å². The molecule has 0 bridgehead atoms. The minimum atomic E-state index is -0.980. The van der Waals surface area contributed by atoms with Crippen molar-refractivity contribution in [1.82, 2.24) is 35.7 Å². The largest absolute Gasteiger partial charge is 0.497 e. The van der Waals surface area contributed by atoms with E-state index >= 15 is 0 Å². The average molecular weight is 1030 g/mol. The highest BCUT2D eigenvalue weighted by atomic mass is 32.1. The summed E-state index contributed by atoms with van der Waals surface area (Å²) in [6, 6.07) is 13.8. The number of methoxy groups -OCH3 is 2. The molecule has 1 saturated carbocycles. The van der Waals surface area contributed by atoms with Crippen LogP contribution in [0.2, 0.25) is 0 Å². The number of aliphatic carboxylic acids is 1. The first-order chi connectivity index (χ1) is 34.8. The number of pyridine rings is 1.